The molecule has 0 fully saturated rings. The Kier molecular flexibility index (Phi) is 10.6. The van der Waals surface area contributed by atoms with Crippen LogP contribution in [0.1, 0.15) is 63.9 Å². The Morgan fingerprint density at radius 1 is 1.04 bits per heavy atom. The highest BCUT2D eigenvalue weighted by Gasteiger charge is 2.10. The molecule has 0 spiro atoms. The summed E-state index contributed by atoms with van der Waals surface area (Å²) in [6, 6.07) is 5.79. The predicted molar refractivity (Wildman–Crippen MR) is 109 cm³/mol. The zero-order valence-corrected chi connectivity index (χ0v) is 16.5. The van der Waals surface area contributed by atoms with Gasteiger partial charge in [-0.25, -0.2) is 0 Å². The van der Waals surface area contributed by atoms with Crippen LogP contribution < -0.4 is 20.6 Å². The third-order valence-electron chi connectivity index (χ3n) is 4.03. The number of nitrogens with one attached hydrogen (secondary N) is 1. The van der Waals surface area contributed by atoms with Crippen molar-refractivity contribution in [2.45, 2.75) is 58.3 Å². The van der Waals surface area contributed by atoms with Crippen LogP contribution in [0.4, 0.5) is 0 Å². The molecule has 0 aromatic heterocycles. The lowest BCUT2D eigenvalue weighted by molar-refractivity contribution is 0.355. The first-order valence-electron chi connectivity index (χ1n) is 8.96. The summed E-state index contributed by atoms with van der Waals surface area (Å²) in [5.74, 6) is 1.38. The van der Waals surface area contributed by atoms with Gasteiger partial charge in [0.05, 0.1) is 19.9 Å². The lowest BCUT2D eigenvalue weighted by Gasteiger charge is -2.12. The number of thiocarbonyl (C=S) groups is 1. The van der Waals surface area contributed by atoms with E-state index in [1.807, 2.05) is 18.2 Å². The number of hydrazone groups is 1. The predicted octanol–water partition coefficient (Wildman–Crippen LogP) is 4.38. The lowest BCUT2D eigenvalue weighted by Crippen LogP contribution is -2.25. The first kappa shape index (κ1) is 21.2. The molecule has 1 aromatic rings. The highest BCUT2D eigenvalue weighted by molar-refractivity contribution is 7.80. The van der Waals surface area contributed by atoms with Gasteiger partial charge in [-0.15, -0.1) is 0 Å². The van der Waals surface area contributed by atoms with Gasteiger partial charge in [0, 0.05) is 5.56 Å². The molecule has 5 nitrogen and oxygen atoms in total. The van der Waals surface area contributed by atoms with E-state index in [1.165, 1.54) is 38.5 Å². The van der Waals surface area contributed by atoms with E-state index in [-0.39, 0.29) is 5.11 Å². The number of unbranched alkanes of at least 4 members (excludes halogenated alkanes) is 6. The maximum atomic E-state index is 5.51. The van der Waals surface area contributed by atoms with Crippen LogP contribution in [0.15, 0.2) is 23.3 Å². The van der Waals surface area contributed by atoms with Crippen LogP contribution in [0.3, 0.4) is 0 Å². The number of benzene rings is 1. The molecule has 0 bridgehead atoms. The van der Waals surface area contributed by atoms with Crippen LogP contribution in [0.5, 0.6) is 11.5 Å². The number of methoxy groups -OCH3 is 2. The van der Waals surface area contributed by atoms with Crippen LogP contribution >= 0.6 is 12.2 Å². The average molecular weight is 366 g/mol. The maximum Gasteiger partial charge on any atom is 0.184 e. The molecule has 0 heterocycles. The third-order valence-corrected chi connectivity index (χ3v) is 4.13. The Morgan fingerprint density at radius 3 is 2.28 bits per heavy atom. The van der Waals surface area contributed by atoms with Gasteiger partial charge in [0.15, 0.2) is 16.6 Å². The molecule has 0 amide bonds. The monoisotopic (exact) mass is 365 g/mol. The van der Waals surface area contributed by atoms with Crippen molar-refractivity contribution >= 4 is 23.0 Å². The van der Waals surface area contributed by atoms with Crippen LogP contribution in [0.2, 0.25) is 0 Å². The van der Waals surface area contributed by atoms with Gasteiger partial charge in [0.2, 0.25) is 0 Å². The van der Waals surface area contributed by atoms with E-state index in [2.05, 4.69) is 17.5 Å². The van der Waals surface area contributed by atoms with E-state index in [4.69, 9.17) is 27.4 Å². The maximum absolute atomic E-state index is 5.51. The molecule has 25 heavy (non-hydrogen) atoms. The van der Waals surface area contributed by atoms with Crippen molar-refractivity contribution in [2.75, 3.05) is 14.2 Å². The molecule has 0 atom stereocenters. The summed E-state index contributed by atoms with van der Waals surface area (Å²) in [6.45, 7) is 2.24. The molecular formula is C19H31N3O2S. The van der Waals surface area contributed by atoms with Crippen molar-refractivity contribution in [2.24, 2.45) is 10.8 Å². The molecule has 0 saturated carbocycles. The summed E-state index contributed by atoms with van der Waals surface area (Å²) in [5.41, 5.74) is 10.1. The second kappa shape index (κ2) is 12.5. The summed E-state index contributed by atoms with van der Waals surface area (Å²) >= 11 is 4.86. The fourth-order valence-corrected chi connectivity index (χ4v) is 2.70. The van der Waals surface area contributed by atoms with Gasteiger partial charge in [-0.2, -0.15) is 5.10 Å². The molecule has 6 heteroatoms. The molecule has 0 unspecified atom stereocenters. The second-order valence-corrected chi connectivity index (χ2v) is 6.42. The molecular weight excluding hydrogens is 334 g/mol. The van der Waals surface area contributed by atoms with Crippen LogP contribution in [-0.2, 0) is 0 Å². The zero-order valence-electron chi connectivity index (χ0n) is 15.6. The number of ether oxygens (including phenoxy) is 2. The number of hydrogen-bond donors (Lipinski definition) is 2. The van der Waals surface area contributed by atoms with Crippen molar-refractivity contribution in [3.05, 3.63) is 23.8 Å². The van der Waals surface area contributed by atoms with E-state index in [0.717, 1.165) is 24.1 Å². The molecule has 1 aromatic carbocycles. The van der Waals surface area contributed by atoms with Crippen molar-refractivity contribution in [3.8, 4) is 11.5 Å². The van der Waals surface area contributed by atoms with Crippen LogP contribution in [-0.4, -0.2) is 25.0 Å². The van der Waals surface area contributed by atoms with Crippen molar-refractivity contribution < 1.29 is 9.47 Å². The normalized spacial score (nSPS) is 11.2. The first-order chi connectivity index (χ1) is 12.1. The molecule has 0 aliphatic heterocycles. The zero-order chi connectivity index (χ0) is 18.5. The molecule has 0 saturated heterocycles. The minimum absolute atomic E-state index is 0.164. The number of nitrogens with two attached hydrogens (primary N) is 1. The summed E-state index contributed by atoms with van der Waals surface area (Å²) in [7, 11) is 3.25. The van der Waals surface area contributed by atoms with Gasteiger partial charge in [0.25, 0.3) is 0 Å². The molecule has 1 rings (SSSR count). The minimum Gasteiger partial charge on any atom is -0.493 e. The topological polar surface area (TPSA) is 68.9 Å². The second-order valence-electron chi connectivity index (χ2n) is 5.98. The number of rotatable bonds is 12. The Hall–Kier alpha value is -1.82. The summed E-state index contributed by atoms with van der Waals surface area (Å²) in [6.07, 6.45) is 9.65. The van der Waals surface area contributed by atoms with Gasteiger partial charge in [-0.3, -0.25) is 5.43 Å². The summed E-state index contributed by atoms with van der Waals surface area (Å²) in [5, 5.41) is 4.54. The van der Waals surface area contributed by atoms with E-state index < -0.39 is 0 Å². The SMILES string of the molecule is CCCCCCCCCC(=NNC(N)=S)c1ccc(OC)c(OC)c1. The van der Waals surface area contributed by atoms with Gasteiger partial charge in [-0.1, -0.05) is 45.4 Å². The van der Waals surface area contributed by atoms with Crippen LogP contribution in [0, 0.1) is 0 Å². The molecule has 0 aliphatic carbocycles. The summed E-state index contributed by atoms with van der Waals surface area (Å²) < 4.78 is 10.7. The average Bonchev–Trinajstić information content (AvgIpc) is 2.62. The van der Waals surface area contributed by atoms with E-state index >= 15 is 0 Å². The molecule has 3 N–H and O–H groups in total. The largest absolute Gasteiger partial charge is 0.493 e. The summed E-state index contributed by atoms with van der Waals surface area (Å²) in [4.78, 5) is 0. The van der Waals surface area contributed by atoms with Crippen LogP contribution in [0.25, 0.3) is 0 Å². The van der Waals surface area contributed by atoms with E-state index in [9.17, 15) is 0 Å². The Morgan fingerprint density at radius 2 is 1.68 bits per heavy atom. The molecule has 0 aliphatic rings. The van der Waals surface area contributed by atoms with E-state index in [1.54, 1.807) is 14.2 Å². The Labute approximate surface area is 157 Å². The van der Waals surface area contributed by atoms with Crippen molar-refractivity contribution in [1.29, 1.82) is 0 Å². The third kappa shape index (κ3) is 8.20. The number of hydrogen-bond acceptors (Lipinski definition) is 4. The lowest BCUT2D eigenvalue weighted by atomic mass is 10.0. The number of nitrogens with zero attached hydrogens (tertiary/aromatic N) is 1. The minimum atomic E-state index is 0.164. The van der Waals surface area contributed by atoms with Crippen molar-refractivity contribution in [1.82, 2.24) is 5.43 Å². The van der Waals surface area contributed by atoms with E-state index in [0.29, 0.717) is 11.5 Å². The van der Waals surface area contributed by atoms with Gasteiger partial charge < -0.3 is 15.2 Å². The highest BCUT2D eigenvalue weighted by atomic mass is 32.1. The van der Waals surface area contributed by atoms with Gasteiger partial charge in [0.1, 0.15) is 0 Å². The van der Waals surface area contributed by atoms with Crippen molar-refractivity contribution in [3.63, 3.8) is 0 Å². The smallest absolute Gasteiger partial charge is 0.184 e. The molecule has 0 radical (unpaired) electrons. The molecule has 140 valence electrons. The fraction of sp³-hybridized carbons (Fsp3) is 0.579. The quantitative estimate of drug-likeness (QED) is 0.249. The van der Waals surface area contributed by atoms with Gasteiger partial charge in [-0.05, 0) is 43.3 Å². The Balaban J connectivity index is 2.70. The van der Waals surface area contributed by atoms with Gasteiger partial charge >= 0.3 is 0 Å². The first-order valence-corrected chi connectivity index (χ1v) is 9.37. The Bertz CT molecular complexity index is 562. The fourth-order valence-electron chi connectivity index (χ4n) is 2.65. The highest BCUT2D eigenvalue weighted by Crippen LogP contribution is 2.28. The standard InChI is InChI=1S/C19H31N3O2S/c1-4-5-6-7-8-9-10-11-16(21-22-19(20)25)15-12-13-17(23-2)18(14-15)24-3/h12-14H,4-11H2,1-3H3,(H3,20,22,25).